The number of aryl methyl sites for hydroxylation is 1. The van der Waals surface area contributed by atoms with Gasteiger partial charge in [0, 0.05) is 5.69 Å². The van der Waals surface area contributed by atoms with Gasteiger partial charge in [0.05, 0.1) is 36.1 Å². The van der Waals surface area contributed by atoms with E-state index in [-0.39, 0.29) is 16.9 Å². The van der Waals surface area contributed by atoms with E-state index in [1.54, 1.807) is 19.1 Å². The minimum absolute atomic E-state index is 0.00152. The van der Waals surface area contributed by atoms with E-state index in [9.17, 15) is 13.5 Å². The van der Waals surface area contributed by atoms with Crippen molar-refractivity contribution in [2.75, 3.05) is 7.11 Å². The molecular weight excluding hydrogens is 372 g/mol. The number of rotatable bonds is 5. The lowest BCUT2D eigenvalue weighted by Crippen LogP contribution is -2.16. The number of phenolic OH excluding ortho intramolecular Hbond substituents is 1. The smallest absolute Gasteiger partial charge is 0.304 e. The topological polar surface area (TPSA) is 115 Å². The highest BCUT2D eigenvalue weighted by Gasteiger charge is 2.34. The number of fused-ring (bicyclic) bond motifs is 1. The number of nitrogens with one attached hydrogen (secondary N) is 1. The maximum Gasteiger partial charge on any atom is 0.304 e. The van der Waals surface area contributed by atoms with Crippen molar-refractivity contribution in [3.05, 3.63) is 24.1 Å². The highest BCUT2D eigenvalue weighted by atomic mass is 32.2. The van der Waals surface area contributed by atoms with Crippen LogP contribution in [-0.4, -0.2) is 36.9 Å². The lowest BCUT2D eigenvalue weighted by atomic mass is 10.1. The summed E-state index contributed by atoms with van der Waals surface area (Å²) in [5, 5.41) is 18.3. The van der Waals surface area contributed by atoms with E-state index in [2.05, 4.69) is 10.2 Å². The number of methoxy groups -OCH3 is 1. The lowest BCUT2D eigenvalue weighted by Gasteiger charge is -2.16. The molecule has 1 saturated carbocycles. The van der Waals surface area contributed by atoms with Crippen LogP contribution in [0.5, 0.6) is 11.5 Å². The first-order chi connectivity index (χ1) is 12.9. The van der Waals surface area contributed by atoms with Crippen LogP contribution in [0.2, 0.25) is 0 Å². The number of furan rings is 1. The Kier molecular flexibility index (Phi) is 4.35. The zero-order valence-corrected chi connectivity index (χ0v) is 15.8. The fourth-order valence-electron chi connectivity index (χ4n) is 3.57. The minimum atomic E-state index is -4.26. The highest BCUT2D eigenvalue weighted by Crippen LogP contribution is 2.48. The van der Waals surface area contributed by atoms with Crippen LogP contribution in [0.3, 0.4) is 0 Å². The van der Waals surface area contributed by atoms with Crippen LogP contribution in [0.25, 0.3) is 22.2 Å². The van der Waals surface area contributed by atoms with Gasteiger partial charge < -0.3 is 14.3 Å². The Morgan fingerprint density at radius 1 is 1.33 bits per heavy atom. The fraction of sp³-hybridized carbons (Fsp3) is 0.389. The van der Waals surface area contributed by atoms with Gasteiger partial charge in [0.25, 0.3) is 0 Å². The van der Waals surface area contributed by atoms with Crippen LogP contribution in [0, 0.1) is 6.92 Å². The van der Waals surface area contributed by atoms with Crippen LogP contribution in [0.15, 0.2) is 27.7 Å². The SMILES string of the molecule is COc1c(-c2cc(C)[nH]n2)c(O)c(S(=O)(=O)OC2CCCC2)c2occc12. The summed E-state index contributed by atoms with van der Waals surface area (Å²) in [6, 6.07) is 3.28. The summed E-state index contributed by atoms with van der Waals surface area (Å²) >= 11 is 0. The lowest BCUT2D eigenvalue weighted by molar-refractivity contribution is 0.216. The summed E-state index contributed by atoms with van der Waals surface area (Å²) in [4.78, 5) is -0.397. The number of hydrogen-bond donors (Lipinski definition) is 2. The molecule has 9 heteroatoms. The summed E-state index contributed by atoms with van der Waals surface area (Å²) in [5.41, 5.74) is 1.29. The molecule has 2 heterocycles. The second-order valence-electron chi connectivity index (χ2n) is 6.64. The van der Waals surface area contributed by atoms with E-state index in [4.69, 9.17) is 13.3 Å². The third-order valence-corrected chi connectivity index (χ3v) is 6.18. The van der Waals surface area contributed by atoms with Gasteiger partial charge >= 0.3 is 10.1 Å². The van der Waals surface area contributed by atoms with Crippen molar-refractivity contribution in [3.63, 3.8) is 0 Å². The first-order valence-corrected chi connectivity index (χ1v) is 10.1. The molecule has 0 bridgehead atoms. The van der Waals surface area contributed by atoms with Crippen LogP contribution >= 0.6 is 0 Å². The Morgan fingerprint density at radius 3 is 2.70 bits per heavy atom. The molecular formula is C18H20N2O6S. The third-order valence-electron chi connectivity index (χ3n) is 4.78. The average molecular weight is 392 g/mol. The molecule has 0 atom stereocenters. The van der Waals surface area contributed by atoms with Gasteiger partial charge in [-0.15, -0.1) is 0 Å². The molecule has 4 rings (SSSR count). The summed E-state index contributed by atoms with van der Waals surface area (Å²) in [5.74, 6) is -0.221. The van der Waals surface area contributed by atoms with Gasteiger partial charge in [-0.3, -0.25) is 9.28 Å². The zero-order valence-electron chi connectivity index (χ0n) is 15.0. The summed E-state index contributed by atoms with van der Waals surface area (Å²) in [7, 11) is -2.82. The van der Waals surface area contributed by atoms with Crippen molar-refractivity contribution in [1.82, 2.24) is 10.2 Å². The van der Waals surface area contributed by atoms with E-state index < -0.39 is 26.9 Å². The molecule has 8 nitrogen and oxygen atoms in total. The van der Waals surface area contributed by atoms with Crippen LogP contribution in [-0.2, 0) is 14.3 Å². The standard InChI is InChI=1S/C18H20N2O6S/c1-10-9-13(20-19-10)14-15(21)18(17-12(7-8-25-17)16(14)24-2)27(22,23)26-11-5-3-4-6-11/h7-9,11,21H,3-6H2,1-2H3,(H,19,20). The van der Waals surface area contributed by atoms with E-state index >= 15 is 0 Å². The number of phenols is 1. The largest absolute Gasteiger partial charge is 0.505 e. The van der Waals surface area contributed by atoms with E-state index in [0.29, 0.717) is 23.9 Å². The van der Waals surface area contributed by atoms with Crippen molar-refractivity contribution in [2.45, 2.75) is 43.6 Å². The average Bonchev–Trinajstić information content (AvgIpc) is 3.35. The molecule has 0 unspecified atom stereocenters. The van der Waals surface area contributed by atoms with Gasteiger partial charge in [-0.25, -0.2) is 0 Å². The monoisotopic (exact) mass is 392 g/mol. The number of aromatic nitrogens is 2. The van der Waals surface area contributed by atoms with E-state index in [1.807, 2.05) is 0 Å². The van der Waals surface area contributed by atoms with Gasteiger partial charge in [0.15, 0.2) is 16.2 Å². The second kappa shape index (κ2) is 6.58. The summed E-state index contributed by atoms with van der Waals surface area (Å²) < 4.78 is 42.2. The molecule has 0 aliphatic heterocycles. The highest BCUT2D eigenvalue weighted by molar-refractivity contribution is 7.87. The fourth-order valence-corrected chi connectivity index (χ4v) is 4.94. The van der Waals surface area contributed by atoms with Gasteiger partial charge in [-0.2, -0.15) is 13.5 Å². The van der Waals surface area contributed by atoms with Crippen LogP contribution < -0.4 is 4.74 Å². The molecule has 2 aromatic heterocycles. The Morgan fingerprint density at radius 2 is 2.07 bits per heavy atom. The Balaban J connectivity index is 1.97. The van der Waals surface area contributed by atoms with Crippen molar-refractivity contribution in [1.29, 1.82) is 0 Å². The zero-order chi connectivity index (χ0) is 19.2. The number of aromatic amines is 1. The Hall–Kier alpha value is -2.52. The number of H-pyrrole nitrogens is 1. The molecule has 0 radical (unpaired) electrons. The van der Waals surface area contributed by atoms with Crippen LogP contribution in [0.4, 0.5) is 0 Å². The predicted molar refractivity (Wildman–Crippen MR) is 97.3 cm³/mol. The molecule has 0 spiro atoms. The maximum atomic E-state index is 13.0. The number of ether oxygens (including phenoxy) is 1. The van der Waals surface area contributed by atoms with Crippen molar-refractivity contribution in [2.24, 2.45) is 0 Å². The number of nitrogens with zero attached hydrogens (tertiary/aromatic N) is 1. The first-order valence-electron chi connectivity index (χ1n) is 8.68. The number of benzene rings is 1. The molecule has 1 aliphatic carbocycles. The van der Waals surface area contributed by atoms with Crippen molar-refractivity contribution in [3.8, 4) is 22.8 Å². The summed E-state index contributed by atoms with van der Waals surface area (Å²) in [6.07, 6.45) is 4.13. The summed E-state index contributed by atoms with van der Waals surface area (Å²) in [6.45, 7) is 1.80. The van der Waals surface area contributed by atoms with Crippen LogP contribution in [0.1, 0.15) is 31.4 Å². The molecule has 27 heavy (non-hydrogen) atoms. The Labute approximate surface area is 156 Å². The van der Waals surface area contributed by atoms with Crippen molar-refractivity contribution >= 4 is 21.1 Å². The van der Waals surface area contributed by atoms with E-state index in [0.717, 1.165) is 18.5 Å². The number of aromatic hydroxyl groups is 1. The normalized spacial score (nSPS) is 15.6. The Bertz CT molecular complexity index is 1090. The number of hydrogen-bond acceptors (Lipinski definition) is 7. The first kappa shape index (κ1) is 17.9. The molecule has 0 saturated heterocycles. The predicted octanol–water partition coefficient (Wildman–Crippen LogP) is 3.49. The molecule has 3 aromatic rings. The van der Waals surface area contributed by atoms with Gasteiger partial charge in [-0.1, -0.05) is 12.8 Å². The molecule has 144 valence electrons. The molecule has 1 fully saturated rings. The second-order valence-corrected chi connectivity index (χ2v) is 8.15. The maximum absolute atomic E-state index is 13.0. The molecule has 2 N–H and O–H groups in total. The molecule has 1 aromatic carbocycles. The van der Waals surface area contributed by atoms with Crippen molar-refractivity contribution < 1.29 is 26.9 Å². The van der Waals surface area contributed by atoms with Gasteiger partial charge in [-0.05, 0) is 31.9 Å². The quantitative estimate of drug-likeness (QED) is 0.639. The molecule has 0 amide bonds. The third kappa shape index (κ3) is 2.96. The van der Waals surface area contributed by atoms with Gasteiger partial charge in [0.1, 0.15) is 5.75 Å². The van der Waals surface area contributed by atoms with Gasteiger partial charge in [0.2, 0.25) is 0 Å². The van der Waals surface area contributed by atoms with E-state index in [1.165, 1.54) is 13.4 Å². The molecule has 1 aliphatic rings. The minimum Gasteiger partial charge on any atom is -0.505 e.